The Hall–Kier alpha value is -5.37. The zero-order valence-corrected chi connectivity index (χ0v) is 24.5. The summed E-state index contributed by atoms with van der Waals surface area (Å²) >= 11 is 0. The van der Waals surface area contributed by atoms with Gasteiger partial charge >= 0.3 is 11.0 Å². The van der Waals surface area contributed by atoms with Gasteiger partial charge in [-0.05, 0) is 66.3 Å². The lowest BCUT2D eigenvalue weighted by Gasteiger charge is -2.16. The lowest BCUT2D eigenvalue weighted by molar-refractivity contribution is -0.969. The van der Waals surface area contributed by atoms with Gasteiger partial charge in [0.05, 0.1) is 11.8 Å². The van der Waals surface area contributed by atoms with Crippen LogP contribution in [0.1, 0.15) is 33.1 Å². The second-order valence-corrected chi connectivity index (χ2v) is 9.94. The average molecular weight is 578 g/mol. The summed E-state index contributed by atoms with van der Waals surface area (Å²) < 4.78 is 15.0. The third-order valence-corrected chi connectivity index (χ3v) is 7.33. The molecule has 0 unspecified atom stereocenters. The predicted molar refractivity (Wildman–Crippen MR) is 167 cm³/mol. The average Bonchev–Trinajstić information content (AvgIpc) is 3.56. The van der Waals surface area contributed by atoms with E-state index in [1.54, 1.807) is 0 Å². The van der Waals surface area contributed by atoms with Crippen LogP contribution in [0.2, 0.25) is 0 Å². The summed E-state index contributed by atoms with van der Waals surface area (Å²) in [6.45, 7) is 8.12. The minimum Gasteiger partial charge on any atom is -0.439 e. The van der Waals surface area contributed by atoms with E-state index < -0.39 is 5.09 Å². The summed E-state index contributed by atoms with van der Waals surface area (Å²) in [6, 6.07) is 33.8. The number of benzene rings is 4. The van der Waals surface area contributed by atoms with Crippen LogP contribution in [0, 0.1) is 4.91 Å². The monoisotopic (exact) mass is 577 g/mol. The second kappa shape index (κ2) is 13.1. The van der Waals surface area contributed by atoms with E-state index in [1.807, 2.05) is 12.1 Å². The molecule has 0 aliphatic carbocycles. The van der Waals surface area contributed by atoms with Crippen molar-refractivity contribution in [2.45, 2.75) is 33.7 Å². The molecular weight excluding hydrogens is 542 g/mol. The van der Waals surface area contributed by atoms with Gasteiger partial charge in [0.2, 0.25) is 11.5 Å². The fraction of sp³-hybridized carbons (Fsp3) is 0.171. The lowest BCUT2D eigenvalue weighted by atomic mass is 10.0. The molecule has 1 aliphatic rings. The molecule has 8 nitrogen and oxygen atoms in total. The number of rotatable bonds is 7. The van der Waals surface area contributed by atoms with Crippen molar-refractivity contribution in [2.75, 3.05) is 11.4 Å². The number of nitrogens with zero attached hydrogens (tertiary/aromatic N) is 3. The predicted octanol–water partition coefficient (Wildman–Crippen LogP) is 8.17. The van der Waals surface area contributed by atoms with Crippen molar-refractivity contribution in [2.24, 2.45) is 0 Å². The molecule has 0 fully saturated rings. The Morgan fingerprint density at radius 3 is 2.02 bits per heavy atom. The van der Waals surface area contributed by atoms with Gasteiger partial charge in [-0.15, -0.1) is 0 Å². The molecule has 0 amide bonds. The van der Waals surface area contributed by atoms with E-state index in [-0.39, 0.29) is 0 Å². The van der Waals surface area contributed by atoms with Crippen LogP contribution in [-0.2, 0) is 6.54 Å². The Morgan fingerprint density at radius 1 is 0.837 bits per heavy atom. The summed E-state index contributed by atoms with van der Waals surface area (Å²) in [4.78, 5) is 10.7. The number of aryl methyl sites for hydroxylation is 1. The third kappa shape index (κ3) is 6.43. The van der Waals surface area contributed by atoms with E-state index in [0.29, 0.717) is 0 Å². The Bertz CT molecular complexity index is 1790. The van der Waals surface area contributed by atoms with E-state index >= 15 is 0 Å². The standard InChI is InChI=1S/C35H33N2O2.H2NO3/c1-4-25(21-34-36(5-2)30-23-28(17-19-32(30)38-34)26-13-9-7-10-14-26)22-35-37(6-3)31-24-29(18-20-33(31)39-35)27-15-11-8-12-16-27;2-1(3)4/h7-24H,4-6H2,1-3H3;(H2,2,3,4)/q2*+1. The quantitative estimate of drug-likeness (QED) is 0.150. The Kier molecular flexibility index (Phi) is 8.86. The zero-order valence-electron chi connectivity index (χ0n) is 24.5. The van der Waals surface area contributed by atoms with Crippen molar-refractivity contribution in [3.63, 3.8) is 0 Å². The fourth-order valence-corrected chi connectivity index (χ4v) is 5.25. The van der Waals surface area contributed by atoms with Crippen LogP contribution >= 0.6 is 0 Å². The molecule has 0 bridgehead atoms. The number of hydrogen-bond acceptors (Lipinski definition) is 4. The molecule has 0 saturated carbocycles. The minimum absolute atomic E-state index is 0.815. The SMILES string of the molecule is CCC(/C=C1\Oc2ccc(-c3ccccc3)cc2N1CC)=C\c1oc2ccc(-c3ccccc3)cc2[n+]1CC.O=[N+](O)O. The van der Waals surface area contributed by atoms with Gasteiger partial charge in [0, 0.05) is 18.7 Å². The third-order valence-electron chi connectivity index (χ3n) is 7.33. The zero-order chi connectivity index (χ0) is 30.3. The first kappa shape index (κ1) is 29.1. The Morgan fingerprint density at radius 2 is 1.44 bits per heavy atom. The molecule has 5 aromatic rings. The molecule has 1 aromatic heterocycles. The van der Waals surface area contributed by atoms with Gasteiger partial charge in [-0.3, -0.25) is 0 Å². The highest BCUT2D eigenvalue weighted by Crippen LogP contribution is 2.42. The van der Waals surface area contributed by atoms with Crippen LogP contribution in [-0.4, -0.2) is 22.0 Å². The number of allylic oxidation sites excluding steroid dienone is 2. The molecule has 2 N–H and O–H groups in total. The number of ether oxygens (including phenoxy) is 1. The van der Waals surface area contributed by atoms with Crippen molar-refractivity contribution in [1.82, 2.24) is 0 Å². The van der Waals surface area contributed by atoms with Crippen LogP contribution in [0.5, 0.6) is 5.75 Å². The normalized spacial score (nSPS) is 13.4. The van der Waals surface area contributed by atoms with E-state index in [9.17, 15) is 0 Å². The largest absolute Gasteiger partial charge is 0.472 e. The van der Waals surface area contributed by atoms with Crippen molar-refractivity contribution >= 4 is 22.9 Å². The smallest absolute Gasteiger partial charge is 0.439 e. The first-order chi connectivity index (χ1) is 20.9. The van der Waals surface area contributed by atoms with Crippen LogP contribution in [0.25, 0.3) is 39.4 Å². The van der Waals surface area contributed by atoms with Crippen LogP contribution < -0.4 is 14.2 Å². The molecule has 43 heavy (non-hydrogen) atoms. The maximum absolute atomic E-state index is 8.47. The molecule has 8 heteroatoms. The van der Waals surface area contributed by atoms with Crippen LogP contribution in [0.15, 0.2) is 119 Å². The van der Waals surface area contributed by atoms with Crippen LogP contribution in [0.3, 0.4) is 0 Å². The molecule has 6 rings (SSSR count). The molecule has 0 radical (unpaired) electrons. The highest BCUT2D eigenvalue weighted by atomic mass is 16.9. The molecular formula is C35H35N3O5+2. The maximum atomic E-state index is 8.47. The maximum Gasteiger partial charge on any atom is 0.472 e. The summed E-state index contributed by atoms with van der Waals surface area (Å²) in [5, 5.41) is 12.5. The Labute approximate surface area is 250 Å². The van der Waals surface area contributed by atoms with Crippen molar-refractivity contribution in [3.05, 3.63) is 125 Å². The lowest BCUT2D eigenvalue weighted by Crippen LogP contribution is -2.33. The molecule has 4 aromatic carbocycles. The van der Waals surface area contributed by atoms with Gasteiger partial charge in [-0.25, -0.2) is 10.4 Å². The van der Waals surface area contributed by atoms with Gasteiger partial charge in [-0.2, -0.15) is 4.57 Å². The molecule has 0 spiro atoms. The molecule has 218 valence electrons. The van der Waals surface area contributed by atoms with Crippen molar-refractivity contribution in [3.8, 4) is 28.0 Å². The van der Waals surface area contributed by atoms with E-state index in [4.69, 9.17) is 24.5 Å². The number of aromatic nitrogens is 1. The van der Waals surface area contributed by atoms with Crippen LogP contribution in [0.4, 0.5) is 5.69 Å². The molecule has 0 saturated heterocycles. The van der Waals surface area contributed by atoms with Gasteiger partial charge in [0.15, 0.2) is 5.75 Å². The van der Waals surface area contributed by atoms with Crippen molar-refractivity contribution < 1.29 is 29.2 Å². The number of oxazole rings is 1. The summed E-state index contributed by atoms with van der Waals surface area (Å²) in [7, 11) is 0. The van der Waals surface area contributed by atoms with E-state index in [1.165, 1.54) is 22.3 Å². The van der Waals surface area contributed by atoms with E-state index in [0.717, 1.165) is 59.4 Å². The highest BCUT2D eigenvalue weighted by Gasteiger charge is 2.26. The Balaban J connectivity index is 0.000000868. The summed E-state index contributed by atoms with van der Waals surface area (Å²) in [5.74, 6) is 2.58. The second-order valence-electron chi connectivity index (χ2n) is 9.94. The molecule has 2 heterocycles. The minimum atomic E-state index is -1.25. The van der Waals surface area contributed by atoms with E-state index in [2.05, 4.69) is 127 Å². The highest BCUT2D eigenvalue weighted by molar-refractivity contribution is 5.79. The van der Waals surface area contributed by atoms with Gasteiger partial charge in [-0.1, -0.05) is 79.7 Å². The first-order valence-electron chi connectivity index (χ1n) is 14.4. The number of anilines is 1. The van der Waals surface area contributed by atoms with Gasteiger partial charge in [0.25, 0.3) is 5.52 Å². The molecule has 1 aliphatic heterocycles. The topological polar surface area (TPSA) is 90.0 Å². The van der Waals surface area contributed by atoms with Gasteiger partial charge in [0.1, 0.15) is 11.5 Å². The van der Waals surface area contributed by atoms with Gasteiger partial charge < -0.3 is 14.1 Å². The summed E-state index contributed by atoms with van der Waals surface area (Å²) in [6.07, 6.45) is 5.15. The number of fused-ring (bicyclic) bond motifs is 2. The summed E-state index contributed by atoms with van der Waals surface area (Å²) in [5.41, 5.74) is 9.00. The van der Waals surface area contributed by atoms with Crippen molar-refractivity contribution in [1.29, 1.82) is 0 Å². The number of hydrogen-bond donors (Lipinski definition) is 2. The first-order valence-corrected chi connectivity index (χ1v) is 14.4. The molecule has 0 atom stereocenters. The fourth-order valence-electron chi connectivity index (χ4n) is 5.25.